The number of nitrogens with one attached hydrogen (secondary N) is 1. The minimum Gasteiger partial charge on any atom is -0.468 e. The van der Waals surface area contributed by atoms with E-state index >= 15 is 0 Å². The van der Waals surface area contributed by atoms with Crippen LogP contribution in [0, 0.1) is 11.8 Å². The van der Waals surface area contributed by atoms with Gasteiger partial charge in [0.1, 0.15) is 5.54 Å². The molecule has 4 atom stereocenters. The summed E-state index contributed by atoms with van der Waals surface area (Å²) in [6, 6.07) is 16.3. The van der Waals surface area contributed by atoms with Crippen molar-refractivity contribution in [3.63, 3.8) is 0 Å². The van der Waals surface area contributed by atoms with E-state index in [-0.39, 0.29) is 24.4 Å². The number of hydrogen-bond acceptors (Lipinski definition) is 7. The van der Waals surface area contributed by atoms with E-state index in [1.54, 1.807) is 25.1 Å². The third-order valence-corrected chi connectivity index (χ3v) is 8.88. The molecule has 2 aliphatic heterocycles. The molecule has 4 rings (SSSR count). The van der Waals surface area contributed by atoms with E-state index in [0.29, 0.717) is 0 Å². The molecule has 0 radical (unpaired) electrons. The van der Waals surface area contributed by atoms with Crippen molar-refractivity contribution < 1.29 is 27.5 Å². The molecule has 2 aliphatic rings. The molecule has 2 heterocycles. The molecule has 2 fully saturated rings. The summed E-state index contributed by atoms with van der Waals surface area (Å²) in [4.78, 5) is 41.4. The molecule has 0 aliphatic carbocycles. The number of methoxy groups -OCH3 is 1. The summed E-state index contributed by atoms with van der Waals surface area (Å²) in [6.07, 6.45) is 0.199. The summed E-state index contributed by atoms with van der Waals surface area (Å²) in [5.74, 6) is -3.42. The second-order valence-corrected chi connectivity index (χ2v) is 11.0. The Balaban J connectivity index is 1.69. The molecule has 0 spiro atoms. The molecule has 0 bridgehead atoms. The van der Waals surface area contributed by atoms with Gasteiger partial charge in [-0.05, 0) is 24.1 Å². The van der Waals surface area contributed by atoms with Crippen LogP contribution >= 0.6 is 0 Å². The Bertz CT molecular complexity index is 1220. The van der Waals surface area contributed by atoms with Gasteiger partial charge >= 0.3 is 5.97 Å². The number of rotatable bonds is 8. The van der Waals surface area contributed by atoms with Crippen LogP contribution in [0.4, 0.5) is 0 Å². The van der Waals surface area contributed by atoms with Gasteiger partial charge < -0.3 is 4.74 Å². The second-order valence-electron chi connectivity index (χ2n) is 8.92. The molecule has 186 valence electrons. The largest absolute Gasteiger partial charge is 0.468 e. The van der Waals surface area contributed by atoms with Crippen LogP contribution in [-0.2, 0) is 35.7 Å². The van der Waals surface area contributed by atoms with Crippen LogP contribution in [0.2, 0.25) is 0 Å². The van der Waals surface area contributed by atoms with Gasteiger partial charge in [0, 0.05) is 19.6 Å². The highest BCUT2D eigenvalue weighted by Crippen LogP contribution is 2.45. The van der Waals surface area contributed by atoms with Gasteiger partial charge in [0.2, 0.25) is 21.8 Å². The first-order chi connectivity index (χ1) is 16.7. The van der Waals surface area contributed by atoms with E-state index in [0.717, 1.165) is 9.87 Å². The standard InChI is InChI=1S/C25H29N3O6S/c1-4-25(24(31)34-3)21-20(22(29)28(23(21)30)15-17-11-7-5-8-12-17)19(26-25)16-27(2)35(32,33)18-13-9-6-10-14-18/h5-14,19-21,26H,4,15-16H2,1-3H3/t19-,20+,21-,25-/m1/s1. The molecule has 2 aromatic rings. The van der Waals surface area contributed by atoms with Crippen LogP contribution in [0.3, 0.4) is 0 Å². The zero-order valence-electron chi connectivity index (χ0n) is 19.9. The van der Waals surface area contributed by atoms with E-state index in [9.17, 15) is 22.8 Å². The number of sulfonamides is 1. The Kier molecular flexibility index (Phi) is 6.81. The van der Waals surface area contributed by atoms with E-state index < -0.39 is 51.2 Å². The summed E-state index contributed by atoms with van der Waals surface area (Å²) in [5, 5.41) is 3.16. The Morgan fingerprint density at radius 2 is 1.66 bits per heavy atom. The number of likely N-dealkylation sites (N-methyl/N-ethyl adjacent to an activating group) is 1. The van der Waals surface area contributed by atoms with Gasteiger partial charge in [0.15, 0.2) is 0 Å². The number of carbonyl (C=O) groups excluding carboxylic acids is 3. The van der Waals surface area contributed by atoms with Gasteiger partial charge in [-0.15, -0.1) is 0 Å². The highest BCUT2D eigenvalue weighted by atomic mass is 32.2. The van der Waals surface area contributed by atoms with Crippen molar-refractivity contribution in [3.05, 3.63) is 66.2 Å². The lowest BCUT2D eigenvalue weighted by atomic mass is 9.78. The molecule has 2 saturated heterocycles. The maximum Gasteiger partial charge on any atom is 0.326 e. The van der Waals surface area contributed by atoms with E-state index in [1.165, 1.54) is 31.2 Å². The van der Waals surface area contributed by atoms with Gasteiger partial charge in [0.25, 0.3) is 0 Å². The van der Waals surface area contributed by atoms with Crippen LogP contribution in [0.25, 0.3) is 0 Å². The molecule has 0 saturated carbocycles. The Labute approximate surface area is 205 Å². The second kappa shape index (κ2) is 9.52. The van der Waals surface area contributed by atoms with Crippen molar-refractivity contribution in [1.82, 2.24) is 14.5 Å². The van der Waals surface area contributed by atoms with Gasteiger partial charge in [0.05, 0.1) is 30.4 Å². The molecule has 2 aromatic carbocycles. The summed E-state index contributed by atoms with van der Waals surface area (Å²) in [5.41, 5.74) is -0.651. The maximum atomic E-state index is 13.6. The quantitative estimate of drug-likeness (QED) is 0.432. The van der Waals surface area contributed by atoms with E-state index in [4.69, 9.17) is 4.74 Å². The predicted molar refractivity (Wildman–Crippen MR) is 127 cm³/mol. The SMILES string of the molecule is CC[C@@]1(C(=O)OC)N[C@H](CN(C)S(=O)(=O)c2ccccc2)[C@@H]2C(=O)N(Cc3ccccc3)C(=O)[C@@H]21. The lowest BCUT2D eigenvalue weighted by molar-refractivity contribution is -0.154. The van der Waals surface area contributed by atoms with Gasteiger partial charge in [-0.25, -0.2) is 8.42 Å². The Morgan fingerprint density at radius 3 is 2.23 bits per heavy atom. The zero-order valence-corrected chi connectivity index (χ0v) is 20.7. The lowest BCUT2D eigenvalue weighted by Gasteiger charge is -2.32. The van der Waals surface area contributed by atoms with Crippen molar-refractivity contribution in [1.29, 1.82) is 0 Å². The minimum absolute atomic E-state index is 0.0807. The number of hydrogen-bond donors (Lipinski definition) is 1. The third kappa shape index (κ3) is 4.15. The van der Waals surface area contributed by atoms with Crippen molar-refractivity contribution in [2.24, 2.45) is 11.8 Å². The average molecular weight is 500 g/mol. The molecule has 9 nitrogen and oxygen atoms in total. The monoisotopic (exact) mass is 499 g/mol. The summed E-state index contributed by atoms with van der Waals surface area (Å²) in [6.45, 7) is 1.72. The number of amides is 2. The van der Waals surface area contributed by atoms with Gasteiger partial charge in [-0.1, -0.05) is 55.5 Å². The molecule has 35 heavy (non-hydrogen) atoms. The molecule has 1 N–H and O–H groups in total. The Morgan fingerprint density at radius 1 is 1.06 bits per heavy atom. The van der Waals surface area contributed by atoms with Crippen molar-refractivity contribution >= 4 is 27.8 Å². The first kappa shape index (κ1) is 25.0. The maximum absolute atomic E-state index is 13.6. The van der Waals surface area contributed by atoms with Crippen LogP contribution in [0.1, 0.15) is 18.9 Å². The zero-order chi connectivity index (χ0) is 25.4. The third-order valence-electron chi connectivity index (χ3n) is 7.05. The summed E-state index contributed by atoms with van der Waals surface area (Å²) in [7, 11) is -1.19. The van der Waals surface area contributed by atoms with Crippen LogP contribution in [-0.4, -0.2) is 67.7 Å². The van der Waals surface area contributed by atoms with Crippen molar-refractivity contribution in [2.45, 2.75) is 36.4 Å². The van der Waals surface area contributed by atoms with Crippen molar-refractivity contribution in [2.75, 3.05) is 20.7 Å². The van der Waals surface area contributed by atoms with Gasteiger partial charge in [-0.3, -0.25) is 24.6 Å². The molecular formula is C25H29N3O6S. The molecular weight excluding hydrogens is 470 g/mol. The fourth-order valence-corrected chi connectivity index (χ4v) is 6.47. The normalized spacial score (nSPS) is 26.3. The first-order valence-corrected chi connectivity index (χ1v) is 12.9. The number of benzene rings is 2. The number of likely N-dealkylation sites (tertiary alicyclic amines) is 1. The minimum atomic E-state index is -3.85. The molecule has 2 amide bonds. The topological polar surface area (TPSA) is 113 Å². The summed E-state index contributed by atoms with van der Waals surface area (Å²) >= 11 is 0. The van der Waals surface area contributed by atoms with E-state index in [2.05, 4.69) is 5.32 Å². The molecule has 10 heteroatoms. The average Bonchev–Trinajstić information content (AvgIpc) is 3.33. The predicted octanol–water partition coefficient (Wildman–Crippen LogP) is 1.40. The van der Waals surface area contributed by atoms with Crippen molar-refractivity contribution in [3.8, 4) is 0 Å². The highest BCUT2D eigenvalue weighted by Gasteiger charge is 2.67. The smallest absolute Gasteiger partial charge is 0.326 e. The van der Waals surface area contributed by atoms with Crippen LogP contribution in [0.15, 0.2) is 65.6 Å². The number of carbonyl (C=O) groups is 3. The number of fused-ring (bicyclic) bond motifs is 1. The fourth-order valence-electron chi connectivity index (χ4n) is 5.25. The lowest BCUT2D eigenvalue weighted by Crippen LogP contribution is -2.58. The van der Waals surface area contributed by atoms with Crippen LogP contribution < -0.4 is 5.32 Å². The van der Waals surface area contributed by atoms with Gasteiger partial charge in [-0.2, -0.15) is 4.31 Å². The highest BCUT2D eigenvalue weighted by molar-refractivity contribution is 7.89. The van der Waals surface area contributed by atoms with E-state index in [1.807, 2.05) is 30.3 Å². The first-order valence-electron chi connectivity index (χ1n) is 11.4. The summed E-state index contributed by atoms with van der Waals surface area (Å²) < 4.78 is 32.5. The molecule has 0 unspecified atom stereocenters. The Hall–Kier alpha value is -3.08. The number of esters is 1. The number of nitrogens with zero attached hydrogens (tertiary/aromatic N) is 2. The number of imide groups is 1. The molecule has 0 aromatic heterocycles. The van der Waals surface area contributed by atoms with Crippen LogP contribution in [0.5, 0.6) is 0 Å². The number of ether oxygens (including phenoxy) is 1. The fraction of sp³-hybridized carbons (Fsp3) is 0.400.